The van der Waals surface area contributed by atoms with Gasteiger partial charge in [0, 0.05) is 0 Å². The largest absolute Gasteiger partial charge is 0.494 e. The van der Waals surface area contributed by atoms with Crippen LogP contribution in [0, 0.1) is 23.7 Å². The molecule has 0 saturated heterocycles. The fraction of sp³-hybridized carbons (Fsp3) is 0.800. The number of hydrogen-bond acceptors (Lipinski definition) is 1. The average Bonchev–Trinajstić information content (AvgIpc) is 2.86. The maximum Gasteiger partial charge on any atom is 0.114 e. The van der Waals surface area contributed by atoms with Gasteiger partial charge in [-0.2, -0.15) is 0 Å². The van der Waals surface area contributed by atoms with Crippen LogP contribution in [-0.2, 0) is 4.74 Å². The van der Waals surface area contributed by atoms with Gasteiger partial charge in [0.2, 0.25) is 0 Å². The Bertz CT molecular complexity index is 427. The first kappa shape index (κ1) is 17.8. The molecule has 3 atom stereocenters. The number of ether oxygens (including phenoxy) is 1. The van der Waals surface area contributed by atoms with Gasteiger partial charge < -0.3 is 4.74 Å². The fourth-order valence-electron chi connectivity index (χ4n) is 4.71. The Hall–Kier alpha value is -0.503. The first-order valence-electron chi connectivity index (χ1n) is 9.33. The Morgan fingerprint density at radius 3 is 2.59 bits per heavy atom. The Kier molecular flexibility index (Phi) is 5.98. The van der Waals surface area contributed by atoms with Gasteiger partial charge in [-0.3, -0.25) is 0 Å². The lowest BCUT2D eigenvalue weighted by Gasteiger charge is -2.39. The van der Waals surface area contributed by atoms with Crippen LogP contribution in [0.2, 0.25) is 19.6 Å². The van der Waals surface area contributed by atoms with E-state index in [1.165, 1.54) is 31.4 Å². The highest BCUT2D eigenvalue weighted by atomic mass is 28.3. The molecule has 2 heteroatoms. The van der Waals surface area contributed by atoms with E-state index in [4.69, 9.17) is 4.74 Å². The molecule has 2 aliphatic carbocycles. The molecule has 3 unspecified atom stereocenters. The zero-order valence-corrected chi connectivity index (χ0v) is 16.6. The molecule has 2 aliphatic rings. The van der Waals surface area contributed by atoms with Gasteiger partial charge in [-0.15, -0.1) is 0 Å². The van der Waals surface area contributed by atoms with Gasteiger partial charge in [-0.1, -0.05) is 65.8 Å². The molecular formula is C20H36OSi. The van der Waals surface area contributed by atoms with Crippen molar-refractivity contribution in [2.75, 3.05) is 6.61 Å². The van der Waals surface area contributed by atoms with E-state index in [2.05, 4.69) is 52.6 Å². The topological polar surface area (TPSA) is 9.23 Å². The van der Waals surface area contributed by atoms with Crippen molar-refractivity contribution < 1.29 is 4.74 Å². The molecule has 0 aromatic heterocycles. The summed E-state index contributed by atoms with van der Waals surface area (Å²) in [5, 5.41) is 1.60. The lowest BCUT2D eigenvalue weighted by atomic mass is 9.67. The Morgan fingerprint density at radius 1 is 1.23 bits per heavy atom. The van der Waals surface area contributed by atoms with Crippen LogP contribution in [0.15, 0.2) is 23.1 Å². The van der Waals surface area contributed by atoms with Crippen LogP contribution in [0.25, 0.3) is 0 Å². The second-order valence-electron chi connectivity index (χ2n) is 8.83. The van der Waals surface area contributed by atoms with Crippen LogP contribution in [0.3, 0.4) is 0 Å². The van der Waals surface area contributed by atoms with E-state index in [0.29, 0.717) is 0 Å². The van der Waals surface area contributed by atoms with E-state index in [1.54, 1.807) is 5.20 Å². The number of rotatable bonds is 6. The summed E-state index contributed by atoms with van der Waals surface area (Å²) >= 11 is 0. The number of allylic oxidation sites excluding steroid dienone is 3. The quantitative estimate of drug-likeness (QED) is 0.530. The summed E-state index contributed by atoms with van der Waals surface area (Å²) in [6, 6.07) is 0. The molecule has 0 aromatic rings. The van der Waals surface area contributed by atoms with Crippen LogP contribution in [0.4, 0.5) is 0 Å². The highest BCUT2D eigenvalue weighted by Gasteiger charge is 2.32. The monoisotopic (exact) mass is 320 g/mol. The zero-order valence-electron chi connectivity index (χ0n) is 15.6. The average molecular weight is 321 g/mol. The molecule has 0 aromatic carbocycles. The smallest absolute Gasteiger partial charge is 0.114 e. The molecule has 0 N–H and O–H groups in total. The molecule has 0 amide bonds. The van der Waals surface area contributed by atoms with Gasteiger partial charge in [0.05, 0.1) is 14.7 Å². The molecule has 0 aliphatic heterocycles. The van der Waals surface area contributed by atoms with E-state index in [-0.39, 0.29) is 0 Å². The summed E-state index contributed by atoms with van der Waals surface area (Å²) in [4.78, 5) is 0. The second-order valence-corrected chi connectivity index (χ2v) is 13.9. The van der Waals surface area contributed by atoms with Crippen molar-refractivity contribution in [1.82, 2.24) is 0 Å². The third kappa shape index (κ3) is 4.28. The Balaban J connectivity index is 1.91. The molecule has 1 nitrogen and oxygen atoms in total. The predicted octanol–water partition coefficient (Wildman–Crippen LogP) is 6.19. The fourth-order valence-corrected chi connectivity index (χ4v) is 6.33. The van der Waals surface area contributed by atoms with E-state index in [9.17, 15) is 0 Å². The van der Waals surface area contributed by atoms with Crippen molar-refractivity contribution in [1.29, 1.82) is 0 Å². The first-order chi connectivity index (χ1) is 10.3. The van der Waals surface area contributed by atoms with E-state index in [1.807, 2.05) is 0 Å². The SMILES string of the molecule is CC(C)C1C(C)CCCC1CCOC1=C([Si](C)(C)C)CC=C1. The van der Waals surface area contributed by atoms with Crippen molar-refractivity contribution in [3.63, 3.8) is 0 Å². The molecule has 1 saturated carbocycles. The van der Waals surface area contributed by atoms with Crippen LogP contribution < -0.4 is 0 Å². The van der Waals surface area contributed by atoms with Crippen molar-refractivity contribution in [2.24, 2.45) is 23.7 Å². The maximum absolute atomic E-state index is 6.24. The van der Waals surface area contributed by atoms with Crippen LogP contribution >= 0.6 is 0 Å². The van der Waals surface area contributed by atoms with Crippen molar-refractivity contribution in [3.8, 4) is 0 Å². The number of hydrogen-bond donors (Lipinski definition) is 0. The second kappa shape index (κ2) is 7.38. The minimum absolute atomic E-state index is 0.809. The molecule has 1 fully saturated rings. The molecule has 0 bridgehead atoms. The molecule has 0 heterocycles. The minimum Gasteiger partial charge on any atom is -0.494 e. The molecule has 22 heavy (non-hydrogen) atoms. The third-order valence-electron chi connectivity index (χ3n) is 5.75. The molecule has 0 radical (unpaired) electrons. The summed E-state index contributed by atoms with van der Waals surface area (Å²) in [5.41, 5.74) is 0. The van der Waals surface area contributed by atoms with Crippen molar-refractivity contribution in [3.05, 3.63) is 23.1 Å². The lowest BCUT2D eigenvalue weighted by Crippen LogP contribution is -2.31. The van der Waals surface area contributed by atoms with Gasteiger partial charge in [0.15, 0.2) is 0 Å². The standard InChI is InChI=1S/C20H36OSi/c1-15(2)20-16(3)9-7-10-17(20)13-14-21-18-11-8-12-19(18)22(4,5)6/h8,11,15-17,20H,7,9-10,12-14H2,1-6H3. The van der Waals surface area contributed by atoms with E-state index >= 15 is 0 Å². The van der Waals surface area contributed by atoms with Gasteiger partial charge in [0.25, 0.3) is 0 Å². The van der Waals surface area contributed by atoms with Crippen molar-refractivity contribution >= 4 is 8.07 Å². The highest BCUT2D eigenvalue weighted by Crippen LogP contribution is 2.41. The van der Waals surface area contributed by atoms with Crippen molar-refractivity contribution in [2.45, 2.75) is 72.5 Å². The van der Waals surface area contributed by atoms with Crippen LogP contribution in [0.1, 0.15) is 52.9 Å². The van der Waals surface area contributed by atoms with Crippen LogP contribution in [0.5, 0.6) is 0 Å². The highest BCUT2D eigenvalue weighted by molar-refractivity contribution is 6.83. The molecule has 0 spiro atoms. The van der Waals surface area contributed by atoms with Gasteiger partial charge >= 0.3 is 0 Å². The van der Waals surface area contributed by atoms with E-state index < -0.39 is 8.07 Å². The summed E-state index contributed by atoms with van der Waals surface area (Å²) in [6.45, 7) is 15.5. The van der Waals surface area contributed by atoms with Gasteiger partial charge in [-0.05, 0) is 47.8 Å². The van der Waals surface area contributed by atoms with Crippen LogP contribution in [-0.4, -0.2) is 14.7 Å². The minimum atomic E-state index is -1.23. The van der Waals surface area contributed by atoms with Gasteiger partial charge in [0.1, 0.15) is 5.76 Å². The molecular weight excluding hydrogens is 284 g/mol. The molecule has 2 rings (SSSR count). The maximum atomic E-state index is 6.24. The van der Waals surface area contributed by atoms with E-state index in [0.717, 1.165) is 36.7 Å². The summed E-state index contributed by atoms with van der Waals surface area (Å²) in [7, 11) is -1.23. The Morgan fingerprint density at radius 2 is 1.95 bits per heavy atom. The summed E-state index contributed by atoms with van der Waals surface area (Å²) < 4.78 is 6.24. The first-order valence-corrected chi connectivity index (χ1v) is 12.8. The third-order valence-corrected chi connectivity index (χ3v) is 8.01. The van der Waals surface area contributed by atoms with Gasteiger partial charge in [-0.25, -0.2) is 0 Å². The molecule has 126 valence electrons. The summed E-state index contributed by atoms with van der Waals surface area (Å²) in [5.74, 6) is 4.67. The predicted molar refractivity (Wildman–Crippen MR) is 99.5 cm³/mol. The zero-order chi connectivity index (χ0) is 16.3. The lowest BCUT2D eigenvalue weighted by molar-refractivity contribution is 0.0859. The normalized spacial score (nSPS) is 29.5. The Labute approximate surface area is 139 Å². The summed E-state index contributed by atoms with van der Waals surface area (Å²) in [6.07, 6.45) is 11.1.